The maximum Gasteiger partial charge on any atom is 0.157 e. The molecule has 8 rings (SSSR count). The van der Waals surface area contributed by atoms with E-state index in [0.717, 1.165) is 105 Å². The lowest BCUT2D eigenvalue weighted by atomic mass is 9.90. The number of rotatable bonds is 12. The maximum absolute atomic E-state index is 6.20. The summed E-state index contributed by atoms with van der Waals surface area (Å²) in [6.45, 7) is 3.79. The van der Waals surface area contributed by atoms with E-state index >= 15 is 0 Å². The zero-order valence-electron chi connectivity index (χ0n) is 29.2. The van der Waals surface area contributed by atoms with E-state index in [4.69, 9.17) is 38.4 Å². The summed E-state index contributed by atoms with van der Waals surface area (Å²) >= 11 is 0. The molecule has 1 spiro atoms. The Labute approximate surface area is 297 Å². The third-order valence-corrected chi connectivity index (χ3v) is 9.91. The molecule has 0 bridgehead atoms. The van der Waals surface area contributed by atoms with Gasteiger partial charge in [0.05, 0.1) is 79.5 Å². The number of nitrogens with one attached hydrogen (secondary N) is 2. The van der Waals surface area contributed by atoms with Crippen molar-refractivity contribution in [3.63, 3.8) is 0 Å². The normalized spacial score (nSPS) is 20.7. The van der Waals surface area contributed by atoms with Crippen LogP contribution in [0.2, 0.25) is 0 Å². The summed E-state index contributed by atoms with van der Waals surface area (Å²) in [7, 11) is 3.37. The molecular weight excluding hydrogens is 644 g/mol. The topological polar surface area (TPSA) is 105 Å². The molecule has 2 fully saturated rings. The molecule has 2 saturated heterocycles. The minimum absolute atomic E-state index is 0.243. The van der Waals surface area contributed by atoms with Gasteiger partial charge in [0.1, 0.15) is 11.5 Å². The van der Waals surface area contributed by atoms with Crippen molar-refractivity contribution in [3.05, 3.63) is 84.9 Å². The first-order valence-corrected chi connectivity index (χ1v) is 17.8. The fraction of sp³-hybridized carbons (Fsp3) is 0.366. The highest BCUT2D eigenvalue weighted by atomic mass is 16.7. The molecule has 51 heavy (non-hydrogen) atoms. The molecule has 0 atom stereocenters. The van der Waals surface area contributed by atoms with Gasteiger partial charge >= 0.3 is 0 Å². The van der Waals surface area contributed by atoms with Crippen LogP contribution in [0.15, 0.2) is 84.9 Å². The largest absolute Gasteiger partial charge is 0.497 e. The Morgan fingerprint density at radius 2 is 0.980 bits per heavy atom. The fourth-order valence-corrected chi connectivity index (χ4v) is 7.10. The van der Waals surface area contributed by atoms with E-state index in [9.17, 15) is 0 Å². The van der Waals surface area contributed by atoms with Crippen molar-refractivity contribution in [1.82, 2.24) is 9.97 Å². The Morgan fingerprint density at radius 3 is 1.41 bits per heavy atom. The summed E-state index contributed by atoms with van der Waals surface area (Å²) in [4.78, 5) is 9.70. The number of hydrogen-bond acceptors (Lipinski definition) is 10. The van der Waals surface area contributed by atoms with E-state index in [1.165, 1.54) is 0 Å². The van der Waals surface area contributed by atoms with Crippen molar-refractivity contribution < 1.29 is 28.4 Å². The molecule has 2 aliphatic heterocycles. The number of para-hydroxylation sites is 2. The Kier molecular flexibility index (Phi) is 9.73. The second-order valence-corrected chi connectivity index (χ2v) is 13.5. The average Bonchev–Trinajstić information content (AvgIpc) is 3.18. The molecule has 0 aliphatic carbocycles. The minimum atomic E-state index is -0.272. The molecule has 0 saturated carbocycles. The van der Waals surface area contributed by atoms with Crippen molar-refractivity contribution >= 4 is 55.0 Å². The van der Waals surface area contributed by atoms with E-state index in [1.807, 2.05) is 72.8 Å². The van der Waals surface area contributed by atoms with Gasteiger partial charge in [0.25, 0.3) is 0 Å². The quantitative estimate of drug-likeness (QED) is 0.0973. The van der Waals surface area contributed by atoms with E-state index < -0.39 is 0 Å². The van der Waals surface area contributed by atoms with Crippen molar-refractivity contribution in [3.8, 4) is 11.5 Å². The van der Waals surface area contributed by atoms with Gasteiger partial charge in [-0.3, -0.25) is 0 Å². The Hall–Kier alpha value is -4.74. The highest BCUT2D eigenvalue weighted by Gasteiger charge is 2.41. The van der Waals surface area contributed by atoms with Crippen LogP contribution in [0.4, 0.5) is 11.4 Å². The van der Waals surface area contributed by atoms with Crippen molar-refractivity contribution in [2.45, 2.75) is 38.3 Å². The monoisotopic (exact) mass is 688 g/mol. The van der Waals surface area contributed by atoms with Gasteiger partial charge in [-0.25, -0.2) is 9.97 Å². The van der Waals surface area contributed by atoms with E-state index in [1.54, 1.807) is 14.2 Å². The number of anilines is 2. The van der Waals surface area contributed by atoms with Crippen LogP contribution >= 0.6 is 0 Å². The van der Waals surface area contributed by atoms with Crippen LogP contribution in [0, 0.1) is 5.41 Å². The maximum atomic E-state index is 6.20. The van der Waals surface area contributed by atoms with Crippen molar-refractivity contribution in [1.29, 1.82) is 0 Å². The molecule has 2 N–H and O–H groups in total. The highest BCUT2D eigenvalue weighted by Crippen LogP contribution is 2.36. The van der Waals surface area contributed by atoms with Crippen LogP contribution in [-0.4, -0.2) is 76.3 Å². The number of nitrogens with zero attached hydrogens (tertiary/aromatic N) is 2. The summed E-state index contributed by atoms with van der Waals surface area (Å²) in [5.74, 6) is 1.62. The van der Waals surface area contributed by atoms with Gasteiger partial charge in [0.15, 0.2) is 12.6 Å². The smallest absolute Gasteiger partial charge is 0.157 e. The molecule has 264 valence electrons. The Balaban J connectivity index is 0.793. The summed E-state index contributed by atoms with van der Waals surface area (Å²) in [5.41, 5.74) is 5.67. The predicted octanol–water partition coefficient (Wildman–Crippen LogP) is 7.92. The van der Waals surface area contributed by atoms with Crippen LogP contribution in [0.5, 0.6) is 11.5 Å². The third-order valence-electron chi connectivity index (χ3n) is 9.91. The zero-order valence-corrected chi connectivity index (χ0v) is 29.2. The molecule has 0 amide bonds. The van der Waals surface area contributed by atoms with Crippen LogP contribution < -0.4 is 20.1 Å². The van der Waals surface area contributed by atoms with Gasteiger partial charge < -0.3 is 39.1 Å². The summed E-state index contributed by atoms with van der Waals surface area (Å²) in [5, 5.41) is 11.6. The number of hydrogen-bond donors (Lipinski definition) is 2. The first-order chi connectivity index (χ1) is 25.1. The molecular formula is C41H44N4O6. The van der Waals surface area contributed by atoms with Gasteiger partial charge in [-0.05, 0) is 61.4 Å². The highest BCUT2D eigenvalue weighted by molar-refractivity contribution is 6.08. The molecule has 6 aromatic rings. The lowest BCUT2D eigenvalue weighted by Crippen LogP contribution is -2.52. The van der Waals surface area contributed by atoms with Crippen molar-refractivity contribution in [2.24, 2.45) is 5.41 Å². The van der Waals surface area contributed by atoms with Crippen LogP contribution in [0.25, 0.3) is 43.6 Å². The zero-order chi connectivity index (χ0) is 34.6. The van der Waals surface area contributed by atoms with Crippen LogP contribution in [0.3, 0.4) is 0 Å². The molecule has 0 unspecified atom stereocenters. The Morgan fingerprint density at radius 1 is 0.569 bits per heavy atom. The summed E-state index contributed by atoms with van der Waals surface area (Å²) in [6, 6.07) is 28.4. The van der Waals surface area contributed by atoms with Gasteiger partial charge in [0.2, 0.25) is 0 Å². The number of benzene rings is 4. The van der Waals surface area contributed by atoms with E-state index in [2.05, 4.69) is 22.8 Å². The number of fused-ring (bicyclic) bond motifs is 4. The number of pyridine rings is 2. The fourth-order valence-electron chi connectivity index (χ4n) is 7.10. The molecule has 2 aliphatic rings. The lowest BCUT2D eigenvalue weighted by Gasteiger charge is -2.43. The van der Waals surface area contributed by atoms with Crippen LogP contribution in [-0.2, 0) is 18.9 Å². The molecule has 10 heteroatoms. The average molecular weight is 689 g/mol. The number of aromatic nitrogens is 2. The molecule has 4 aromatic carbocycles. The number of ether oxygens (including phenoxy) is 6. The molecule has 4 heterocycles. The SMILES string of the molecule is COc1ccc2nc3ccccc3c(NCCCC3OCC4(CO3)COC(CCCNc3c5ccccc5nc5ccc(OC)cc35)OC4)c2c1. The molecule has 10 nitrogen and oxygen atoms in total. The Bertz CT molecular complexity index is 1990. The van der Waals surface area contributed by atoms with Gasteiger partial charge in [-0.15, -0.1) is 0 Å². The lowest BCUT2D eigenvalue weighted by molar-refractivity contribution is -0.304. The summed E-state index contributed by atoms with van der Waals surface area (Å²) in [6.07, 6.45) is 2.88. The van der Waals surface area contributed by atoms with Crippen LogP contribution in [0.1, 0.15) is 25.7 Å². The second kappa shape index (κ2) is 14.9. The van der Waals surface area contributed by atoms with E-state index in [0.29, 0.717) is 26.4 Å². The van der Waals surface area contributed by atoms with Gasteiger partial charge in [-0.2, -0.15) is 0 Å². The van der Waals surface area contributed by atoms with Gasteiger partial charge in [-0.1, -0.05) is 36.4 Å². The second-order valence-electron chi connectivity index (χ2n) is 13.5. The molecule has 2 aromatic heterocycles. The van der Waals surface area contributed by atoms with E-state index in [-0.39, 0.29) is 18.0 Å². The standard InChI is InChI=1S/C41H44N4O6/c1-46-27-15-17-35-31(21-27)39(29-9-3-5-11-33(29)44-35)42-19-7-13-37-48-23-41(24-49-37)25-50-38(51-26-41)14-8-20-43-40-30-10-4-6-12-34(30)45-36-18-16-28(47-2)22-32(36)40/h3-6,9-12,15-18,21-22,37-38H,7-8,13-14,19-20,23-26H2,1-2H3,(H,42,44)(H,43,45). The third kappa shape index (κ3) is 7.10. The predicted molar refractivity (Wildman–Crippen MR) is 201 cm³/mol. The summed E-state index contributed by atoms with van der Waals surface area (Å²) < 4.78 is 35.8. The van der Waals surface area contributed by atoms with Gasteiger partial charge in [0, 0.05) is 47.5 Å². The number of methoxy groups -OCH3 is 2. The molecule has 0 radical (unpaired) electrons. The van der Waals surface area contributed by atoms with Crippen molar-refractivity contribution in [2.75, 3.05) is 64.4 Å². The first kappa shape index (κ1) is 33.4. The first-order valence-electron chi connectivity index (χ1n) is 17.8. The minimum Gasteiger partial charge on any atom is -0.497 e.